The van der Waals surface area contributed by atoms with Gasteiger partial charge in [0.05, 0.1) is 9.80 Å². The van der Waals surface area contributed by atoms with Gasteiger partial charge in [-0.25, -0.2) is 18.2 Å². The molecule has 8 rings (SSSR count). The van der Waals surface area contributed by atoms with Crippen LogP contribution in [-0.2, 0) is 39.5 Å². The average Bonchev–Trinajstić information content (AvgIpc) is 3.89. The zero-order chi connectivity index (χ0) is 42.2. The highest BCUT2D eigenvalue weighted by Crippen LogP contribution is 2.46. The molecule has 1 aromatic heterocycles. The fraction of sp³-hybridized carbons (Fsp3) is 0.163. The fourth-order valence-corrected chi connectivity index (χ4v) is 11.2. The summed E-state index contributed by atoms with van der Waals surface area (Å²) in [6.07, 6.45) is 0.0296. The molecule has 0 unspecified atom stereocenters. The van der Waals surface area contributed by atoms with Gasteiger partial charge in [-0.3, -0.25) is 19.3 Å². The van der Waals surface area contributed by atoms with Gasteiger partial charge in [-0.1, -0.05) is 114 Å². The van der Waals surface area contributed by atoms with Crippen LogP contribution in [0.2, 0.25) is 0 Å². The molecule has 0 bridgehead atoms. The molecule has 0 saturated carbocycles. The summed E-state index contributed by atoms with van der Waals surface area (Å²) >= 11 is 2.12. The highest BCUT2D eigenvalue weighted by Gasteiger charge is 2.56. The van der Waals surface area contributed by atoms with Crippen LogP contribution in [0.3, 0.4) is 0 Å². The third kappa shape index (κ3) is 7.13. The van der Waals surface area contributed by atoms with E-state index in [9.17, 15) is 32.7 Å². The van der Waals surface area contributed by atoms with E-state index in [4.69, 9.17) is 10.6 Å². The van der Waals surface area contributed by atoms with Crippen LogP contribution in [-0.4, -0.2) is 76.5 Å². The first-order chi connectivity index (χ1) is 28.9. The van der Waals surface area contributed by atoms with Crippen LogP contribution in [0, 0.1) is 6.92 Å². The number of thioether (sulfide) groups is 1. The number of β-lactam (4-membered cyclic amide) rings is 1. The molecule has 304 valence electrons. The van der Waals surface area contributed by atoms with Crippen LogP contribution in [0.1, 0.15) is 34.4 Å². The SMILES string of the molecule is Cc1ccc(S(=O)(=O)C(C2=C(C(=O)O)N3C(=O)[C@@H](NC(=O)C(=NOC(c4ccccc4)(c4ccccc4)c4ccccc4)c4csc(N)n4)[C@H]3SC2)=C2CCNC2=O)cc1. The van der Waals surface area contributed by atoms with Crippen molar-refractivity contribution in [3.8, 4) is 0 Å². The van der Waals surface area contributed by atoms with Gasteiger partial charge >= 0.3 is 5.97 Å². The summed E-state index contributed by atoms with van der Waals surface area (Å²) in [4.78, 5) is 65.8. The topological polar surface area (TPSA) is 210 Å². The van der Waals surface area contributed by atoms with Gasteiger partial charge in [-0.05, 0) is 25.5 Å². The quantitative estimate of drug-likeness (QED) is 0.0443. The van der Waals surface area contributed by atoms with Gasteiger partial charge in [0.2, 0.25) is 21.3 Å². The molecule has 5 N–H and O–H groups in total. The van der Waals surface area contributed by atoms with E-state index >= 15 is 0 Å². The highest BCUT2D eigenvalue weighted by molar-refractivity contribution is 8.00. The number of carbonyl (C=O) groups is 4. The number of nitrogen functional groups attached to an aromatic ring is 1. The van der Waals surface area contributed by atoms with E-state index in [1.54, 1.807) is 19.1 Å². The molecule has 0 spiro atoms. The van der Waals surface area contributed by atoms with Crippen LogP contribution in [0.25, 0.3) is 0 Å². The summed E-state index contributed by atoms with van der Waals surface area (Å²) in [5, 5.41) is 21.1. The summed E-state index contributed by atoms with van der Waals surface area (Å²) in [7, 11) is -4.46. The molecule has 3 aliphatic heterocycles. The number of amides is 3. The Kier molecular flexibility index (Phi) is 10.9. The molecular weight excluding hydrogens is 825 g/mol. The number of benzene rings is 4. The molecule has 0 radical (unpaired) electrons. The van der Waals surface area contributed by atoms with Gasteiger partial charge in [0.15, 0.2) is 10.8 Å². The first-order valence-electron chi connectivity index (χ1n) is 18.6. The Bertz CT molecular complexity index is 2620. The van der Waals surface area contributed by atoms with Crippen LogP contribution in [0.5, 0.6) is 0 Å². The minimum Gasteiger partial charge on any atom is -0.477 e. The number of rotatable bonds is 12. The number of aliphatic carboxylic acids is 1. The zero-order valence-corrected chi connectivity index (χ0v) is 34.2. The summed E-state index contributed by atoms with van der Waals surface area (Å²) in [6.45, 7) is 1.94. The predicted octanol–water partition coefficient (Wildman–Crippen LogP) is 4.73. The summed E-state index contributed by atoms with van der Waals surface area (Å²) in [5.41, 5.74) is 6.41. The number of hydrogen-bond donors (Lipinski definition) is 4. The second-order valence-corrected chi connectivity index (χ2v) is 17.9. The first kappa shape index (κ1) is 40.2. The van der Waals surface area contributed by atoms with E-state index in [2.05, 4.69) is 20.8 Å². The molecule has 5 aromatic rings. The lowest BCUT2D eigenvalue weighted by molar-refractivity contribution is -0.150. The van der Waals surface area contributed by atoms with E-state index in [1.165, 1.54) is 17.5 Å². The second kappa shape index (κ2) is 16.2. The van der Waals surface area contributed by atoms with Crippen LogP contribution in [0.15, 0.2) is 152 Å². The van der Waals surface area contributed by atoms with Crippen molar-refractivity contribution in [2.45, 2.75) is 35.3 Å². The number of anilines is 1. The molecule has 4 aromatic carbocycles. The van der Waals surface area contributed by atoms with Crippen LogP contribution >= 0.6 is 23.1 Å². The van der Waals surface area contributed by atoms with Gasteiger partial charge in [0.1, 0.15) is 22.8 Å². The Hall–Kier alpha value is -6.56. The average molecular weight is 861 g/mol. The van der Waals surface area contributed by atoms with E-state index in [1.807, 2.05) is 91.0 Å². The minimum absolute atomic E-state index is 0.0296. The molecule has 17 heteroatoms. The molecule has 2 fully saturated rings. The normalized spacial score (nSPS) is 18.9. The number of nitrogens with one attached hydrogen (secondary N) is 2. The number of carboxylic acids is 1. The number of nitrogens with zero attached hydrogens (tertiary/aromatic N) is 3. The number of sulfone groups is 1. The lowest BCUT2D eigenvalue weighted by atomic mass is 9.80. The standard InChI is InChI=1S/C43H36N6O8S3/c1-25-17-19-29(20-18-25)60(55,56)36(30-21-22-45-37(30)50)31-23-58-40-34(39(52)49(40)35(31)41(53)54)47-38(51)33(32-24-59-42(44)46-32)48-57-43(26-11-5-2-6-12-26,27-13-7-3-8-14-27)28-15-9-4-10-16-28/h2-20,24,34,40H,21-23H2,1H3,(H2,44,46)(H,45,50)(H,47,51)(H,53,54)/t34-,40-/m1/s1. The Balaban J connectivity index is 1.16. The lowest BCUT2D eigenvalue weighted by Gasteiger charge is -2.49. The summed E-state index contributed by atoms with van der Waals surface area (Å²) in [5.74, 6) is -4.09. The molecule has 4 heterocycles. The van der Waals surface area contributed by atoms with Gasteiger partial charge < -0.3 is 26.3 Å². The Labute approximate surface area is 352 Å². The van der Waals surface area contributed by atoms with E-state index in [0.29, 0.717) is 16.7 Å². The molecule has 0 aliphatic carbocycles. The Morgan fingerprint density at radius 3 is 2.02 bits per heavy atom. The van der Waals surface area contributed by atoms with Crippen LogP contribution in [0.4, 0.5) is 5.13 Å². The number of fused-ring (bicyclic) bond motifs is 1. The van der Waals surface area contributed by atoms with Crippen molar-refractivity contribution >= 4 is 67.5 Å². The Morgan fingerprint density at radius 1 is 0.933 bits per heavy atom. The Morgan fingerprint density at radius 2 is 1.52 bits per heavy atom. The van der Waals surface area contributed by atoms with Gasteiger partial charge in [0.25, 0.3) is 11.8 Å². The lowest BCUT2D eigenvalue weighted by Crippen LogP contribution is -2.71. The van der Waals surface area contributed by atoms with Gasteiger partial charge in [-0.15, -0.1) is 23.1 Å². The minimum atomic E-state index is -4.46. The van der Waals surface area contributed by atoms with Crippen molar-refractivity contribution < 1.29 is 37.5 Å². The maximum Gasteiger partial charge on any atom is 0.353 e. The maximum atomic E-state index is 14.4. The molecule has 2 atom stereocenters. The third-order valence-corrected chi connectivity index (χ3v) is 14.2. The van der Waals surface area contributed by atoms with Crippen molar-refractivity contribution in [2.75, 3.05) is 18.0 Å². The number of thiazole rings is 1. The summed E-state index contributed by atoms with van der Waals surface area (Å²) in [6, 6.07) is 32.8. The van der Waals surface area contributed by atoms with Crippen molar-refractivity contribution in [3.05, 3.63) is 170 Å². The maximum absolute atomic E-state index is 14.4. The molecule has 3 aliphatic rings. The number of hydrogen-bond acceptors (Lipinski definition) is 12. The number of allylic oxidation sites excluding steroid dienone is 1. The smallest absolute Gasteiger partial charge is 0.353 e. The monoisotopic (exact) mass is 860 g/mol. The summed E-state index contributed by atoms with van der Waals surface area (Å²) < 4.78 is 28.6. The van der Waals surface area contributed by atoms with Crippen molar-refractivity contribution in [1.82, 2.24) is 20.5 Å². The third-order valence-electron chi connectivity index (χ3n) is 10.3. The predicted molar refractivity (Wildman–Crippen MR) is 226 cm³/mol. The number of oxime groups is 1. The first-order valence-corrected chi connectivity index (χ1v) is 22.0. The molecule has 3 amide bonds. The van der Waals surface area contributed by atoms with Gasteiger partial charge in [0, 0.05) is 45.5 Å². The van der Waals surface area contributed by atoms with Crippen molar-refractivity contribution in [2.24, 2.45) is 5.16 Å². The number of carbonyl (C=O) groups excluding carboxylic acids is 3. The molecule has 14 nitrogen and oxygen atoms in total. The largest absolute Gasteiger partial charge is 0.477 e. The number of nitrogens with two attached hydrogens (primary N) is 1. The molecule has 2 saturated heterocycles. The highest BCUT2D eigenvalue weighted by atomic mass is 32.2. The van der Waals surface area contributed by atoms with E-state index in [-0.39, 0.29) is 51.3 Å². The molecular formula is C43H36N6O8S3. The van der Waals surface area contributed by atoms with Crippen molar-refractivity contribution in [1.29, 1.82) is 0 Å². The number of carboxylic acid groups (broad SMARTS) is 1. The fourth-order valence-electron chi connectivity index (χ4n) is 7.47. The van der Waals surface area contributed by atoms with E-state index < -0.39 is 61.1 Å². The van der Waals surface area contributed by atoms with Crippen LogP contribution < -0.4 is 16.4 Å². The van der Waals surface area contributed by atoms with E-state index in [0.717, 1.165) is 33.6 Å². The van der Waals surface area contributed by atoms with Crippen molar-refractivity contribution in [3.63, 3.8) is 0 Å². The number of aryl methyl sites for hydroxylation is 1. The number of aromatic nitrogens is 1. The second-order valence-electron chi connectivity index (χ2n) is 14.0. The zero-order valence-electron chi connectivity index (χ0n) is 31.8. The van der Waals surface area contributed by atoms with Gasteiger partial charge in [-0.2, -0.15) is 0 Å². The molecule has 60 heavy (non-hydrogen) atoms.